The van der Waals surface area contributed by atoms with Gasteiger partial charge in [0.15, 0.2) is 23.2 Å². The van der Waals surface area contributed by atoms with Crippen LogP contribution >= 0.6 is 0 Å². The first-order valence-corrected chi connectivity index (χ1v) is 7.48. The van der Waals surface area contributed by atoms with E-state index in [9.17, 15) is 10.2 Å². The molecule has 3 N–H and O–H groups in total. The highest BCUT2D eigenvalue weighted by Crippen LogP contribution is 2.33. The van der Waals surface area contributed by atoms with Gasteiger partial charge < -0.3 is 25.0 Å². The van der Waals surface area contributed by atoms with E-state index in [2.05, 4.69) is 20.3 Å². The molecule has 1 fully saturated rings. The molecular formula is C14H21N5O4. The van der Waals surface area contributed by atoms with Gasteiger partial charge in [0, 0.05) is 13.2 Å². The Kier molecular flexibility index (Phi) is 4.44. The zero-order valence-electron chi connectivity index (χ0n) is 13.2. The van der Waals surface area contributed by atoms with Crippen LogP contribution in [0.1, 0.15) is 20.1 Å². The van der Waals surface area contributed by atoms with Gasteiger partial charge in [0.2, 0.25) is 0 Å². The molecule has 1 aliphatic rings. The van der Waals surface area contributed by atoms with Crippen molar-refractivity contribution in [1.29, 1.82) is 0 Å². The first-order chi connectivity index (χ1) is 11.1. The lowest BCUT2D eigenvalue weighted by Crippen LogP contribution is -2.34. The molecule has 0 bridgehead atoms. The third-order valence-corrected chi connectivity index (χ3v) is 3.82. The number of nitrogens with one attached hydrogen (secondary N) is 1. The summed E-state index contributed by atoms with van der Waals surface area (Å²) < 4.78 is 12.7. The number of hydrogen-bond acceptors (Lipinski definition) is 8. The number of rotatable bonds is 5. The van der Waals surface area contributed by atoms with Crippen LogP contribution in [0.2, 0.25) is 0 Å². The predicted octanol–water partition coefficient (Wildman–Crippen LogP) is -0.0878. The lowest BCUT2D eigenvalue weighted by molar-refractivity contribution is -0.0583. The lowest BCUT2D eigenvalue weighted by atomic mass is 10.1. The van der Waals surface area contributed by atoms with Crippen molar-refractivity contribution in [2.45, 2.75) is 44.4 Å². The van der Waals surface area contributed by atoms with Crippen LogP contribution in [-0.2, 0) is 9.47 Å². The highest BCUT2D eigenvalue weighted by atomic mass is 16.6. The number of methoxy groups -OCH3 is 1. The number of aliphatic hydroxyl groups excluding tert-OH is 2. The number of anilines is 1. The van der Waals surface area contributed by atoms with E-state index in [-0.39, 0.29) is 12.6 Å². The van der Waals surface area contributed by atoms with Crippen molar-refractivity contribution in [2.24, 2.45) is 0 Å². The predicted molar refractivity (Wildman–Crippen MR) is 81.9 cm³/mol. The first-order valence-electron chi connectivity index (χ1n) is 7.48. The van der Waals surface area contributed by atoms with Gasteiger partial charge in [-0.05, 0) is 13.8 Å². The van der Waals surface area contributed by atoms with Crippen LogP contribution in [0.5, 0.6) is 0 Å². The normalized spacial score (nSPS) is 27.9. The number of imidazole rings is 1. The molecule has 0 saturated carbocycles. The molecule has 2 aromatic rings. The van der Waals surface area contributed by atoms with Gasteiger partial charge >= 0.3 is 0 Å². The molecule has 9 heteroatoms. The monoisotopic (exact) mass is 323 g/mol. The van der Waals surface area contributed by atoms with E-state index >= 15 is 0 Å². The third kappa shape index (κ3) is 2.76. The van der Waals surface area contributed by atoms with Crippen LogP contribution < -0.4 is 5.32 Å². The molecule has 1 unspecified atom stereocenters. The van der Waals surface area contributed by atoms with Crippen molar-refractivity contribution in [3.8, 4) is 0 Å². The van der Waals surface area contributed by atoms with E-state index in [0.29, 0.717) is 17.0 Å². The summed E-state index contributed by atoms with van der Waals surface area (Å²) in [6.45, 7) is 3.72. The minimum atomic E-state index is -0.928. The molecule has 3 rings (SSSR count). The summed E-state index contributed by atoms with van der Waals surface area (Å²) in [7, 11) is 1.49. The zero-order valence-corrected chi connectivity index (χ0v) is 13.2. The average molecular weight is 323 g/mol. The van der Waals surface area contributed by atoms with E-state index in [4.69, 9.17) is 9.47 Å². The van der Waals surface area contributed by atoms with Crippen LogP contribution in [-0.4, -0.2) is 67.8 Å². The van der Waals surface area contributed by atoms with Gasteiger partial charge in [-0.1, -0.05) is 0 Å². The minimum absolute atomic E-state index is 0.202. The number of hydrogen-bond donors (Lipinski definition) is 3. The number of aliphatic hydroxyl groups is 2. The Balaban J connectivity index is 2.00. The summed E-state index contributed by atoms with van der Waals surface area (Å²) >= 11 is 0. The Morgan fingerprint density at radius 1 is 1.39 bits per heavy atom. The van der Waals surface area contributed by atoms with Gasteiger partial charge in [-0.25, -0.2) is 15.0 Å². The molecular weight excluding hydrogens is 302 g/mol. The number of fused-ring (bicyclic) bond motifs is 1. The summed E-state index contributed by atoms with van der Waals surface area (Å²) in [5.74, 6) is 0.634. The van der Waals surface area contributed by atoms with E-state index in [1.807, 2.05) is 13.8 Å². The molecule has 9 nitrogen and oxygen atoms in total. The smallest absolute Gasteiger partial charge is 0.167 e. The summed E-state index contributed by atoms with van der Waals surface area (Å²) in [6, 6.07) is 0.202. The Morgan fingerprint density at radius 3 is 2.83 bits per heavy atom. The van der Waals surface area contributed by atoms with Crippen molar-refractivity contribution in [1.82, 2.24) is 19.5 Å². The number of ether oxygens (including phenoxy) is 2. The highest BCUT2D eigenvalue weighted by molar-refractivity contribution is 5.82. The van der Waals surface area contributed by atoms with Gasteiger partial charge in [0.1, 0.15) is 24.6 Å². The molecule has 1 saturated heterocycles. The summed E-state index contributed by atoms with van der Waals surface area (Å²) in [5, 5.41) is 22.7. The molecule has 1 aliphatic heterocycles. The second-order valence-corrected chi connectivity index (χ2v) is 5.78. The van der Waals surface area contributed by atoms with Gasteiger partial charge in [0.25, 0.3) is 0 Å². The van der Waals surface area contributed by atoms with Gasteiger partial charge in [0.05, 0.1) is 12.9 Å². The molecule has 126 valence electrons. The van der Waals surface area contributed by atoms with E-state index in [1.54, 1.807) is 10.9 Å². The van der Waals surface area contributed by atoms with Crippen LogP contribution in [0.25, 0.3) is 11.2 Å². The fourth-order valence-electron chi connectivity index (χ4n) is 2.77. The fourth-order valence-corrected chi connectivity index (χ4v) is 2.77. The van der Waals surface area contributed by atoms with E-state index < -0.39 is 24.5 Å². The zero-order chi connectivity index (χ0) is 16.6. The van der Waals surface area contributed by atoms with Crippen molar-refractivity contribution < 1.29 is 19.7 Å². The molecule has 4 atom stereocenters. The summed E-state index contributed by atoms with van der Waals surface area (Å²) in [4.78, 5) is 12.8. The second kappa shape index (κ2) is 6.36. The number of nitrogens with zero attached hydrogens (tertiary/aromatic N) is 4. The third-order valence-electron chi connectivity index (χ3n) is 3.82. The standard InChI is InChI=1S/C14H21N5O4/c1-7(2)18-12-9-13(16-5-15-12)19(6-17-9)14-11(22-3)10(21)8(4-20)23-14/h5-8,10-11,14,20-21H,4H2,1-3H3,(H,15,16,18)/t8-,10?,11+,14-/m1/s1. The fraction of sp³-hybridized carbons (Fsp3) is 0.643. The Hall–Kier alpha value is -1.81. The van der Waals surface area contributed by atoms with Crippen molar-refractivity contribution in [3.05, 3.63) is 12.7 Å². The molecule has 0 aromatic carbocycles. The Morgan fingerprint density at radius 2 is 2.17 bits per heavy atom. The first kappa shape index (κ1) is 16.1. The van der Waals surface area contributed by atoms with Gasteiger partial charge in [-0.3, -0.25) is 4.57 Å². The maximum atomic E-state index is 10.2. The maximum absolute atomic E-state index is 10.2. The quantitative estimate of drug-likeness (QED) is 0.699. The topological polar surface area (TPSA) is 115 Å². The van der Waals surface area contributed by atoms with Crippen molar-refractivity contribution in [2.75, 3.05) is 19.0 Å². The molecule has 23 heavy (non-hydrogen) atoms. The maximum Gasteiger partial charge on any atom is 0.167 e. The molecule has 3 heterocycles. The van der Waals surface area contributed by atoms with E-state index in [0.717, 1.165) is 0 Å². The molecule has 0 spiro atoms. The van der Waals surface area contributed by atoms with Crippen LogP contribution in [0, 0.1) is 0 Å². The SMILES string of the molecule is CO[C@H]1C(O)[C@@H](CO)O[C@H]1n1cnc2c(NC(C)C)ncnc21. The number of aromatic nitrogens is 4. The van der Waals surface area contributed by atoms with Crippen molar-refractivity contribution in [3.63, 3.8) is 0 Å². The molecule has 0 radical (unpaired) electrons. The second-order valence-electron chi connectivity index (χ2n) is 5.78. The average Bonchev–Trinajstić information content (AvgIpc) is 3.08. The van der Waals surface area contributed by atoms with Gasteiger partial charge in [-0.15, -0.1) is 0 Å². The highest BCUT2D eigenvalue weighted by Gasteiger charge is 2.45. The molecule has 2 aromatic heterocycles. The minimum Gasteiger partial charge on any atom is -0.394 e. The molecule has 0 aliphatic carbocycles. The Bertz CT molecular complexity index is 676. The summed E-state index contributed by atoms with van der Waals surface area (Å²) in [6.07, 6.45) is 0.135. The van der Waals surface area contributed by atoms with Crippen LogP contribution in [0.4, 0.5) is 5.82 Å². The Labute approximate surface area is 133 Å². The lowest BCUT2D eigenvalue weighted by Gasteiger charge is -2.20. The van der Waals surface area contributed by atoms with E-state index in [1.165, 1.54) is 13.4 Å². The molecule has 0 amide bonds. The van der Waals surface area contributed by atoms with Crippen molar-refractivity contribution >= 4 is 17.0 Å². The van der Waals surface area contributed by atoms with Crippen LogP contribution in [0.15, 0.2) is 12.7 Å². The van der Waals surface area contributed by atoms with Gasteiger partial charge in [-0.2, -0.15) is 0 Å². The summed E-state index contributed by atoms with van der Waals surface area (Å²) in [5.41, 5.74) is 1.18. The largest absolute Gasteiger partial charge is 0.394 e. The van der Waals surface area contributed by atoms with Crippen LogP contribution in [0.3, 0.4) is 0 Å².